The maximum atomic E-state index is 5.88. The average molecular weight is 236 g/mol. The number of morpholine rings is 1. The summed E-state index contributed by atoms with van der Waals surface area (Å²) in [7, 11) is 0. The first kappa shape index (κ1) is 12.2. The number of hydrogen-bond acceptors (Lipinski definition) is 4. The number of ether oxygens (including phenoxy) is 2. The molecule has 2 rings (SSSR count). The molecule has 0 amide bonds. The van der Waals surface area contributed by atoms with Crippen molar-refractivity contribution < 1.29 is 9.47 Å². The fourth-order valence-electron chi connectivity index (χ4n) is 1.91. The summed E-state index contributed by atoms with van der Waals surface area (Å²) in [5, 5.41) is 0. The third kappa shape index (κ3) is 3.61. The first-order valence-electron chi connectivity index (χ1n) is 6.05. The second-order valence-corrected chi connectivity index (χ2v) is 4.34. The second-order valence-electron chi connectivity index (χ2n) is 4.34. The number of nitrogens with two attached hydrogens (primary N) is 1. The Morgan fingerprint density at radius 2 is 2.12 bits per heavy atom. The van der Waals surface area contributed by atoms with Gasteiger partial charge in [0.05, 0.1) is 18.9 Å². The monoisotopic (exact) mass is 236 g/mol. The van der Waals surface area contributed by atoms with Gasteiger partial charge in [0.2, 0.25) is 0 Å². The summed E-state index contributed by atoms with van der Waals surface area (Å²) in [5.41, 5.74) is 7.75. The van der Waals surface area contributed by atoms with E-state index in [9.17, 15) is 0 Å². The van der Waals surface area contributed by atoms with Gasteiger partial charge in [0.15, 0.2) is 0 Å². The molecule has 0 aliphatic carbocycles. The maximum absolute atomic E-state index is 5.88. The van der Waals surface area contributed by atoms with E-state index in [4.69, 9.17) is 15.2 Å². The molecule has 4 nitrogen and oxygen atoms in total. The van der Waals surface area contributed by atoms with E-state index in [0.29, 0.717) is 12.3 Å². The van der Waals surface area contributed by atoms with Crippen molar-refractivity contribution in [2.45, 2.75) is 6.92 Å². The van der Waals surface area contributed by atoms with Crippen LogP contribution in [0.2, 0.25) is 0 Å². The molecular weight excluding hydrogens is 216 g/mol. The molecule has 1 aliphatic heterocycles. The van der Waals surface area contributed by atoms with Gasteiger partial charge in [-0.15, -0.1) is 0 Å². The molecule has 94 valence electrons. The predicted octanol–water partition coefficient (Wildman–Crippen LogP) is 1.29. The van der Waals surface area contributed by atoms with Crippen molar-refractivity contribution in [3.05, 3.63) is 23.8 Å². The van der Waals surface area contributed by atoms with Crippen LogP contribution in [-0.4, -0.2) is 44.4 Å². The highest BCUT2D eigenvalue weighted by molar-refractivity contribution is 5.53. The van der Waals surface area contributed by atoms with Crippen molar-refractivity contribution >= 4 is 5.69 Å². The lowest BCUT2D eigenvalue weighted by Gasteiger charge is -2.26. The Labute approximate surface area is 102 Å². The highest BCUT2D eigenvalue weighted by atomic mass is 16.5. The summed E-state index contributed by atoms with van der Waals surface area (Å²) in [6, 6.07) is 5.88. The first-order valence-corrected chi connectivity index (χ1v) is 6.05. The molecule has 1 aliphatic rings. The minimum atomic E-state index is 0.674. The molecule has 2 N–H and O–H groups in total. The molecule has 0 spiro atoms. The molecule has 1 aromatic carbocycles. The molecular formula is C13H20N2O2. The van der Waals surface area contributed by atoms with E-state index >= 15 is 0 Å². The molecule has 0 unspecified atom stereocenters. The zero-order chi connectivity index (χ0) is 12.1. The number of rotatable bonds is 4. The minimum Gasteiger partial charge on any atom is -0.490 e. The van der Waals surface area contributed by atoms with Crippen molar-refractivity contribution in [1.82, 2.24) is 4.90 Å². The molecule has 1 heterocycles. The van der Waals surface area contributed by atoms with Gasteiger partial charge in [0, 0.05) is 19.6 Å². The van der Waals surface area contributed by atoms with E-state index in [1.54, 1.807) is 0 Å². The molecule has 1 saturated heterocycles. The molecule has 0 saturated carbocycles. The van der Waals surface area contributed by atoms with Crippen molar-refractivity contribution in [2.75, 3.05) is 45.2 Å². The van der Waals surface area contributed by atoms with Crippen LogP contribution < -0.4 is 10.5 Å². The highest BCUT2D eigenvalue weighted by Crippen LogP contribution is 2.21. The summed E-state index contributed by atoms with van der Waals surface area (Å²) in [6.07, 6.45) is 0. The van der Waals surface area contributed by atoms with Crippen molar-refractivity contribution in [3.63, 3.8) is 0 Å². The standard InChI is InChI=1S/C13H20N2O2/c1-11-2-3-13(12(14)10-11)17-9-6-15-4-7-16-8-5-15/h2-3,10H,4-9,14H2,1H3. The van der Waals surface area contributed by atoms with Gasteiger partial charge in [-0.25, -0.2) is 0 Å². The topological polar surface area (TPSA) is 47.7 Å². The SMILES string of the molecule is Cc1ccc(OCCN2CCOCC2)c(N)c1. The fraction of sp³-hybridized carbons (Fsp3) is 0.538. The molecule has 0 radical (unpaired) electrons. The lowest BCUT2D eigenvalue weighted by atomic mass is 10.2. The van der Waals surface area contributed by atoms with E-state index in [1.807, 2.05) is 25.1 Å². The van der Waals surface area contributed by atoms with Gasteiger partial charge in [0.25, 0.3) is 0 Å². The molecule has 0 bridgehead atoms. The Bertz CT molecular complexity index is 362. The van der Waals surface area contributed by atoms with Crippen molar-refractivity contribution in [1.29, 1.82) is 0 Å². The Morgan fingerprint density at radius 3 is 2.82 bits per heavy atom. The largest absolute Gasteiger partial charge is 0.490 e. The molecule has 1 aromatic rings. The second kappa shape index (κ2) is 5.89. The number of nitrogens with zero attached hydrogens (tertiary/aromatic N) is 1. The number of aryl methyl sites for hydroxylation is 1. The van der Waals surface area contributed by atoms with E-state index in [2.05, 4.69) is 4.90 Å². The lowest BCUT2D eigenvalue weighted by molar-refractivity contribution is 0.0323. The van der Waals surface area contributed by atoms with Crippen LogP contribution in [0.25, 0.3) is 0 Å². The van der Waals surface area contributed by atoms with Gasteiger partial charge in [0.1, 0.15) is 12.4 Å². The third-order valence-electron chi connectivity index (χ3n) is 2.93. The molecule has 1 fully saturated rings. The van der Waals surface area contributed by atoms with Crippen molar-refractivity contribution in [2.24, 2.45) is 0 Å². The van der Waals surface area contributed by atoms with E-state index in [0.717, 1.165) is 44.2 Å². The first-order chi connectivity index (χ1) is 8.25. The number of hydrogen-bond donors (Lipinski definition) is 1. The summed E-state index contributed by atoms with van der Waals surface area (Å²) >= 11 is 0. The fourth-order valence-corrected chi connectivity index (χ4v) is 1.91. The molecule has 0 atom stereocenters. The summed E-state index contributed by atoms with van der Waals surface area (Å²) in [6.45, 7) is 7.26. The molecule has 0 aromatic heterocycles. The van der Waals surface area contributed by atoms with E-state index in [-0.39, 0.29) is 0 Å². The van der Waals surface area contributed by atoms with Crippen LogP contribution in [0.5, 0.6) is 5.75 Å². The number of benzene rings is 1. The Kier molecular flexibility index (Phi) is 4.23. The molecule has 4 heteroatoms. The van der Waals surface area contributed by atoms with Crippen LogP contribution in [0.1, 0.15) is 5.56 Å². The highest BCUT2D eigenvalue weighted by Gasteiger charge is 2.10. The summed E-state index contributed by atoms with van der Waals surface area (Å²) < 4.78 is 11.0. The third-order valence-corrected chi connectivity index (χ3v) is 2.93. The van der Waals surface area contributed by atoms with Gasteiger partial charge in [-0.3, -0.25) is 4.90 Å². The summed E-state index contributed by atoms with van der Waals surface area (Å²) in [4.78, 5) is 2.34. The smallest absolute Gasteiger partial charge is 0.142 e. The van der Waals surface area contributed by atoms with Crippen LogP contribution in [-0.2, 0) is 4.74 Å². The van der Waals surface area contributed by atoms with Crippen LogP contribution in [0.4, 0.5) is 5.69 Å². The zero-order valence-corrected chi connectivity index (χ0v) is 10.3. The minimum absolute atomic E-state index is 0.674. The van der Waals surface area contributed by atoms with Crippen LogP contribution in [0.15, 0.2) is 18.2 Å². The van der Waals surface area contributed by atoms with Gasteiger partial charge >= 0.3 is 0 Å². The maximum Gasteiger partial charge on any atom is 0.142 e. The Balaban J connectivity index is 1.77. The van der Waals surface area contributed by atoms with E-state index < -0.39 is 0 Å². The van der Waals surface area contributed by atoms with Crippen LogP contribution in [0.3, 0.4) is 0 Å². The van der Waals surface area contributed by atoms with Gasteiger partial charge in [-0.1, -0.05) is 6.07 Å². The lowest BCUT2D eigenvalue weighted by Crippen LogP contribution is -2.38. The normalized spacial score (nSPS) is 17.0. The van der Waals surface area contributed by atoms with Crippen molar-refractivity contribution in [3.8, 4) is 5.75 Å². The Morgan fingerprint density at radius 1 is 1.35 bits per heavy atom. The molecule has 17 heavy (non-hydrogen) atoms. The van der Waals surface area contributed by atoms with Gasteiger partial charge in [-0.2, -0.15) is 0 Å². The van der Waals surface area contributed by atoms with Gasteiger partial charge < -0.3 is 15.2 Å². The Hall–Kier alpha value is -1.26. The summed E-state index contributed by atoms with van der Waals surface area (Å²) in [5.74, 6) is 0.781. The van der Waals surface area contributed by atoms with Gasteiger partial charge in [-0.05, 0) is 24.6 Å². The van der Waals surface area contributed by atoms with E-state index in [1.165, 1.54) is 0 Å². The zero-order valence-electron chi connectivity index (χ0n) is 10.3. The number of anilines is 1. The predicted molar refractivity (Wildman–Crippen MR) is 68.3 cm³/mol. The average Bonchev–Trinajstić information content (AvgIpc) is 2.33. The quantitative estimate of drug-likeness (QED) is 0.800. The number of nitrogen functional groups attached to an aromatic ring is 1. The van der Waals surface area contributed by atoms with Crippen LogP contribution in [0, 0.1) is 6.92 Å². The van der Waals surface area contributed by atoms with Crippen LogP contribution >= 0.6 is 0 Å².